The van der Waals surface area contributed by atoms with E-state index >= 15 is 0 Å². The average Bonchev–Trinajstić information content (AvgIpc) is 2.88. The van der Waals surface area contributed by atoms with Gasteiger partial charge in [-0.25, -0.2) is 9.59 Å². The van der Waals surface area contributed by atoms with Crippen LogP contribution in [-0.4, -0.2) is 37.8 Å². The third-order valence-electron chi connectivity index (χ3n) is 3.81. The number of aryl methyl sites for hydroxylation is 1. The first-order valence-electron chi connectivity index (χ1n) is 8.07. The Morgan fingerprint density at radius 2 is 1.85 bits per heavy atom. The quantitative estimate of drug-likeness (QED) is 0.684. The number of hydrogen-bond acceptors (Lipinski definition) is 5. The van der Waals surface area contributed by atoms with Crippen LogP contribution < -0.4 is 20.1 Å². The van der Waals surface area contributed by atoms with Crippen LogP contribution in [0.5, 0.6) is 11.5 Å². The van der Waals surface area contributed by atoms with E-state index in [0.717, 1.165) is 0 Å². The van der Waals surface area contributed by atoms with Gasteiger partial charge in [-0.05, 0) is 32.9 Å². The first-order chi connectivity index (χ1) is 12.4. The number of amides is 2. The van der Waals surface area contributed by atoms with Crippen molar-refractivity contribution in [2.45, 2.75) is 20.8 Å². The molecule has 0 saturated carbocycles. The second-order valence-corrected chi connectivity index (χ2v) is 5.49. The van der Waals surface area contributed by atoms with Crippen molar-refractivity contribution >= 4 is 23.5 Å². The van der Waals surface area contributed by atoms with Crippen LogP contribution in [0.4, 0.5) is 16.3 Å². The summed E-state index contributed by atoms with van der Waals surface area (Å²) >= 11 is 0. The van der Waals surface area contributed by atoms with Gasteiger partial charge in [-0.3, -0.25) is 5.32 Å². The molecule has 2 amide bonds. The Labute approximate surface area is 151 Å². The topological polar surface area (TPSA) is 102 Å². The molecule has 8 heteroatoms. The number of methoxy groups -OCH3 is 2. The number of rotatable bonds is 6. The summed E-state index contributed by atoms with van der Waals surface area (Å²) in [6.45, 7) is 5.50. The van der Waals surface area contributed by atoms with E-state index in [9.17, 15) is 9.59 Å². The molecule has 0 fully saturated rings. The molecule has 0 atom stereocenters. The number of hydrogen-bond donors (Lipinski definition) is 3. The molecule has 0 radical (unpaired) electrons. The predicted octanol–water partition coefficient (Wildman–Crippen LogP) is 3.47. The van der Waals surface area contributed by atoms with Crippen LogP contribution in [0, 0.1) is 13.8 Å². The largest absolute Gasteiger partial charge is 0.497 e. The van der Waals surface area contributed by atoms with Gasteiger partial charge in [-0.1, -0.05) is 0 Å². The lowest BCUT2D eigenvalue weighted by Crippen LogP contribution is -2.20. The molecule has 0 unspecified atom stereocenters. The Balaban J connectivity index is 2.19. The standard InChI is InChI=1S/C18H23N3O5/c1-6-26-17(22)15-10(2)16(19-11(15)3)21-18(23)20-13-9-12(24-4)7-8-14(13)25-5/h7-9,19H,6H2,1-5H3,(H2,20,21,23). The fourth-order valence-electron chi connectivity index (χ4n) is 2.56. The van der Waals surface area contributed by atoms with Crippen molar-refractivity contribution in [2.75, 3.05) is 31.5 Å². The van der Waals surface area contributed by atoms with Crippen molar-refractivity contribution in [3.05, 3.63) is 35.0 Å². The number of carbonyl (C=O) groups excluding carboxylic acids is 2. The van der Waals surface area contributed by atoms with Crippen LogP contribution in [-0.2, 0) is 4.74 Å². The zero-order valence-electron chi connectivity index (χ0n) is 15.5. The molecule has 2 aromatic rings. The molecule has 140 valence electrons. The van der Waals surface area contributed by atoms with E-state index in [1.165, 1.54) is 14.2 Å². The Kier molecular flexibility index (Phi) is 6.11. The summed E-state index contributed by atoms with van der Waals surface area (Å²) < 4.78 is 15.4. The van der Waals surface area contributed by atoms with Crippen molar-refractivity contribution in [3.8, 4) is 11.5 Å². The van der Waals surface area contributed by atoms with Crippen molar-refractivity contribution in [2.24, 2.45) is 0 Å². The normalized spacial score (nSPS) is 10.2. The van der Waals surface area contributed by atoms with Crippen molar-refractivity contribution < 1.29 is 23.8 Å². The molecule has 0 saturated heterocycles. The average molecular weight is 361 g/mol. The smallest absolute Gasteiger partial charge is 0.340 e. The number of anilines is 2. The molecule has 0 bridgehead atoms. The third kappa shape index (κ3) is 4.08. The summed E-state index contributed by atoms with van der Waals surface area (Å²) in [7, 11) is 3.04. The van der Waals surface area contributed by atoms with E-state index in [-0.39, 0.29) is 6.61 Å². The molecular weight excluding hydrogens is 338 g/mol. The van der Waals surface area contributed by atoms with Crippen molar-refractivity contribution in [1.29, 1.82) is 0 Å². The number of aromatic nitrogens is 1. The van der Waals surface area contributed by atoms with E-state index in [1.807, 2.05) is 0 Å². The lowest BCUT2D eigenvalue weighted by Gasteiger charge is -2.12. The number of nitrogens with one attached hydrogen (secondary N) is 3. The molecular formula is C18H23N3O5. The number of ether oxygens (including phenoxy) is 3. The lowest BCUT2D eigenvalue weighted by molar-refractivity contribution is 0.0525. The van der Waals surface area contributed by atoms with E-state index in [2.05, 4.69) is 15.6 Å². The maximum atomic E-state index is 12.4. The van der Waals surface area contributed by atoms with Gasteiger partial charge in [0.15, 0.2) is 0 Å². The number of carbonyl (C=O) groups is 2. The second kappa shape index (κ2) is 8.28. The summed E-state index contributed by atoms with van der Waals surface area (Å²) in [5.74, 6) is 1.07. The second-order valence-electron chi connectivity index (χ2n) is 5.49. The molecule has 3 N–H and O–H groups in total. The maximum Gasteiger partial charge on any atom is 0.340 e. The van der Waals surface area contributed by atoms with Crippen LogP contribution >= 0.6 is 0 Å². The molecule has 0 aliphatic rings. The highest BCUT2D eigenvalue weighted by molar-refractivity contribution is 6.02. The summed E-state index contributed by atoms with van der Waals surface area (Å²) in [4.78, 5) is 27.4. The molecule has 0 aliphatic carbocycles. The van der Waals surface area contributed by atoms with Gasteiger partial charge in [0.05, 0.1) is 32.1 Å². The number of aromatic amines is 1. The minimum Gasteiger partial charge on any atom is -0.497 e. The van der Waals surface area contributed by atoms with Crippen LogP contribution in [0.1, 0.15) is 28.5 Å². The van der Waals surface area contributed by atoms with Crippen LogP contribution in [0.15, 0.2) is 18.2 Å². The number of esters is 1. The van der Waals surface area contributed by atoms with Gasteiger partial charge in [-0.15, -0.1) is 0 Å². The highest BCUT2D eigenvalue weighted by atomic mass is 16.5. The Hall–Kier alpha value is -3.16. The van der Waals surface area contributed by atoms with Crippen LogP contribution in [0.2, 0.25) is 0 Å². The summed E-state index contributed by atoms with van der Waals surface area (Å²) in [6.07, 6.45) is 0. The lowest BCUT2D eigenvalue weighted by atomic mass is 10.1. The van der Waals surface area contributed by atoms with E-state index in [1.54, 1.807) is 39.0 Å². The van der Waals surface area contributed by atoms with Crippen LogP contribution in [0.3, 0.4) is 0 Å². The highest BCUT2D eigenvalue weighted by Gasteiger charge is 2.20. The zero-order chi connectivity index (χ0) is 19.3. The van der Waals surface area contributed by atoms with Gasteiger partial charge in [0.1, 0.15) is 17.3 Å². The predicted molar refractivity (Wildman–Crippen MR) is 98.4 cm³/mol. The summed E-state index contributed by atoms with van der Waals surface area (Å²) in [5, 5.41) is 5.40. The van der Waals surface area contributed by atoms with Gasteiger partial charge in [0.2, 0.25) is 0 Å². The number of benzene rings is 1. The molecule has 1 heterocycles. The van der Waals surface area contributed by atoms with Gasteiger partial charge in [-0.2, -0.15) is 0 Å². The molecule has 0 spiro atoms. The summed E-state index contributed by atoms with van der Waals surface area (Å²) in [6, 6.07) is 4.58. The van der Waals surface area contributed by atoms with Crippen molar-refractivity contribution in [3.63, 3.8) is 0 Å². The van der Waals surface area contributed by atoms with Gasteiger partial charge < -0.3 is 24.5 Å². The van der Waals surface area contributed by atoms with Crippen LogP contribution in [0.25, 0.3) is 0 Å². The molecule has 26 heavy (non-hydrogen) atoms. The minimum absolute atomic E-state index is 0.280. The Morgan fingerprint density at radius 3 is 2.46 bits per heavy atom. The monoisotopic (exact) mass is 361 g/mol. The van der Waals surface area contributed by atoms with Crippen molar-refractivity contribution in [1.82, 2.24) is 4.98 Å². The molecule has 1 aromatic carbocycles. The third-order valence-corrected chi connectivity index (χ3v) is 3.81. The Morgan fingerprint density at radius 1 is 1.12 bits per heavy atom. The fourth-order valence-corrected chi connectivity index (χ4v) is 2.56. The molecule has 1 aromatic heterocycles. The highest BCUT2D eigenvalue weighted by Crippen LogP contribution is 2.29. The minimum atomic E-state index is -0.490. The van der Waals surface area contributed by atoms with Gasteiger partial charge >= 0.3 is 12.0 Å². The molecule has 0 aliphatic heterocycles. The molecule has 8 nitrogen and oxygen atoms in total. The summed E-state index contributed by atoms with van der Waals surface area (Å²) in [5.41, 5.74) is 2.10. The number of H-pyrrole nitrogens is 1. The van der Waals surface area contributed by atoms with E-state index in [4.69, 9.17) is 14.2 Å². The SMILES string of the molecule is CCOC(=O)c1c(C)[nH]c(NC(=O)Nc2cc(OC)ccc2OC)c1C. The van der Waals surface area contributed by atoms with Gasteiger partial charge in [0, 0.05) is 17.3 Å². The van der Waals surface area contributed by atoms with Gasteiger partial charge in [0.25, 0.3) is 0 Å². The van der Waals surface area contributed by atoms with E-state index in [0.29, 0.717) is 39.8 Å². The fraction of sp³-hybridized carbons (Fsp3) is 0.333. The number of urea groups is 1. The van der Waals surface area contributed by atoms with E-state index < -0.39 is 12.0 Å². The zero-order valence-corrected chi connectivity index (χ0v) is 15.5. The molecule has 2 rings (SSSR count). The Bertz CT molecular complexity index is 813. The first kappa shape index (κ1) is 19.2. The maximum absolute atomic E-state index is 12.4. The first-order valence-corrected chi connectivity index (χ1v) is 8.07.